The average Bonchev–Trinajstić information content (AvgIpc) is 2.28. The van der Waals surface area contributed by atoms with Crippen LogP contribution in [-0.2, 0) is 0 Å². The van der Waals surface area contributed by atoms with Crippen LogP contribution in [-0.4, -0.2) is 22.3 Å². The van der Waals surface area contributed by atoms with Crippen molar-refractivity contribution >= 4 is 11.0 Å². The van der Waals surface area contributed by atoms with Crippen LogP contribution in [0.1, 0.15) is 6.92 Å². The molecule has 0 saturated heterocycles. The van der Waals surface area contributed by atoms with E-state index in [0.717, 1.165) is 5.52 Å². The summed E-state index contributed by atoms with van der Waals surface area (Å²) in [6.07, 6.45) is 3.26. The Kier molecular flexibility index (Phi) is 1.79. The number of hydrogen-bond acceptors (Lipinski definition) is 5. The lowest BCUT2D eigenvalue weighted by Gasteiger charge is -2.32. The second-order valence-electron chi connectivity index (χ2n) is 4.02. The Labute approximate surface area is 92.2 Å². The number of aromatic nitrogens is 2. The van der Waals surface area contributed by atoms with Crippen LogP contribution >= 0.6 is 0 Å². The lowest BCUT2D eigenvalue weighted by Crippen LogP contribution is -2.50. The van der Waals surface area contributed by atoms with Gasteiger partial charge < -0.3 is 9.47 Å². The van der Waals surface area contributed by atoms with Crippen molar-refractivity contribution in [2.24, 2.45) is 5.73 Å². The van der Waals surface area contributed by atoms with Crippen LogP contribution in [0.2, 0.25) is 0 Å². The normalized spacial score (nSPS) is 23.4. The highest BCUT2D eigenvalue weighted by atomic mass is 16.6. The zero-order chi connectivity index (χ0) is 11.2. The zero-order valence-electron chi connectivity index (χ0n) is 8.80. The van der Waals surface area contributed by atoms with Crippen molar-refractivity contribution in [2.75, 3.05) is 6.61 Å². The highest BCUT2D eigenvalue weighted by Gasteiger charge is 2.30. The Morgan fingerprint density at radius 1 is 1.31 bits per heavy atom. The molecule has 2 aromatic rings. The molecule has 1 atom stereocenters. The van der Waals surface area contributed by atoms with Gasteiger partial charge in [-0.25, -0.2) is 4.98 Å². The van der Waals surface area contributed by atoms with Crippen molar-refractivity contribution in [3.63, 3.8) is 0 Å². The molecule has 0 saturated carbocycles. The Hall–Kier alpha value is -1.88. The van der Waals surface area contributed by atoms with Gasteiger partial charge in [0.25, 0.3) is 0 Å². The summed E-state index contributed by atoms with van der Waals surface area (Å²) in [5.74, 6) is 1.23. The van der Waals surface area contributed by atoms with Crippen molar-refractivity contribution in [3.8, 4) is 11.5 Å². The summed E-state index contributed by atoms with van der Waals surface area (Å²) in [5, 5.41) is 0. The van der Waals surface area contributed by atoms with E-state index in [1.165, 1.54) is 0 Å². The highest BCUT2D eigenvalue weighted by molar-refractivity contribution is 5.84. The summed E-state index contributed by atoms with van der Waals surface area (Å²) in [6, 6.07) is 3.67. The third-order valence-electron chi connectivity index (χ3n) is 2.41. The molecule has 3 rings (SSSR count). The van der Waals surface area contributed by atoms with Gasteiger partial charge in [0.05, 0.1) is 5.52 Å². The molecule has 0 fully saturated rings. The molecule has 1 aromatic carbocycles. The predicted octanol–water partition coefficient (Wildman–Crippen LogP) is 1.08. The van der Waals surface area contributed by atoms with Crippen LogP contribution in [0.15, 0.2) is 24.5 Å². The number of ether oxygens (including phenoxy) is 2. The monoisotopic (exact) mass is 217 g/mol. The van der Waals surface area contributed by atoms with Crippen LogP contribution in [0.4, 0.5) is 0 Å². The van der Waals surface area contributed by atoms with Crippen LogP contribution in [0.3, 0.4) is 0 Å². The van der Waals surface area contributed by atoms with E-state index in [4.69, 9.17) is 15.2 Å². The van der Waals surface area contributed by atoms with Crippen LogP contribution in [0, 0.1) is 0 Å². The van der Waals surface area contributed by atoms with Gasteiger partial charge in [-0.05, 0) is 19.1 Å². The van der Waals surface area contributed by atoms with E-state index in [2.05, 4.69) is 9.97 Å². The Bertz CT molecular complexity index is 554. The largest absolute Gasteiger partial charge is 0.484 e. The quantitative estimate of drug-likeness (QED) is 0.714. The second kappa shape index (κ2) is 3.05. The maximum Gasteiger partial charge on any atom is 0.191 e. The molecule has 0 aliphatic carbocycles. The minimum absolute atomic E-state index is 0.325. The summed E-state index contributed by atoms with van der Waals surface area (Å²) < 4.78 is 11.2. The van der Waals surface area contributed by atoms with Crippen molar-refractivity contribution in [3.05, 3.63) is 24.5 Å². The van der Waals surface area contributed by atoms with Gasteiger partial charge in [0.2, 0.25) is 0 Å². The van der Waals surface area contributed by atoms with Crippen molar-refractivity contribution in [2.45, 2.75) is 12.6 Å². The summed E-state index contributed by atoms with van der Waals surface area (Å²) in [5.41, 5.74) is 6.51. The molecule has 1 aliphatic rings. The molecule has 5 nitrogen and oxygen atoms in total. The lowest BCUT2D eigenvalue weighted by atomic mass is 10.2. The van der Waals surface area contributed by atoms with Crippen molar-refractivity contribution in [1.29, 1.82) is 0 Å². The fourth-order valence-electron chi connectivity index (χ4n) is 1.69. The van der Waals surface area contributed by atoms with Crippen LogP contribution < -0.4 is 15.2 Å². The van der Waals surface area contributed by atoms with E-state index < -0.39 is 5.72 Å². The maximum atomic E-state index is 5.89. The number of rotatable bonds is 0. The summed E-state index contributed by atoms with van der Waals surface area (Å²) >= 11 is 0. The van der Waals surface area contributed by atoms with E-state index in [1.54, 1.807) is 19.3 Å². The summed E-state index contributed by atoms with van der Waals surface area (Å²) in [7, 11) is 0. The smallest absolute Gasteiger partial charge is 0.191 e. The topological polar surface area (TPSA) is 70.3 Å². The first-order chi connectivity index (χ1) is 7.66. The number of benzene rings is 1. The fraction of sp³-hybridized carbons (Fsp3) is 0.273. The second-order valence-corrected chi connectivity index (χ2v) is 4.02. The third-order valence-corrected chi connectivity index (χ3v) is 2.41. The molecule has 82 valence electrons. The van der Waals surface area contributed by atoms with Crippen molar-refractivity contribution < 1.29 is 9.47 Å². The molecular weight excluding hydrogens is 206 g/mol. The van der Waals surface area contributed by atoms with Gasteiger partial charge in [0.15, 0.2) is 17.2 Å². The van der Waals surface area contributed by atoms with E-state index in [-0.39, 0.29) is 0 Å². The SMILES string of the molecule is CC1(N)COc2ccc3nccnc3c2O1. The van der Waals surface area contributed by atoms with E-state index in [1.807, 2.05) is 12.1 Å². The molecule has 1 aliphatic heterocycles. The van der Waals surface area contributed by atoms with Gasteiger partial charge in [-0.1, -0.05) is 0 Å². The number of nitrogens with two attached hydrogens (primary N) is 1. The molecule has 16 heavy (non-hydrogen) atoms. The Morgan fingerprint density at radius 3 is 3.00 bits per heavy atom. The van der Waals surface area contributed by atoms with Gasteiger partial charge in [-0.2, -0.15) is 0 Å². The number of fused-ring (bicyclic) bond motifs is 3. The standard InChI is InChI=1S/C11H11N3O2/c1-11(12)6-15-8-3-2-7-9(10(8)16-11)14-5-4-13-7/h2-5H,6,12H2,1H3. The number of hydrogen-bond donors (Lipinski definition) is 1. The van der Waals surface area contributed by atoms with Gasteiger partial charge in [0.1, 0.15) is 12.1 Å². The molecule has 5 heteroatoms. The summed E-state index contributed by atoms with van der Waals surface area (Å²) in [4.78, 5) is 8.44. The lowest BCUT2D eigenvalue weighted by molar-refractivity contribution is 0.0129. The Balaban J connectivity index is 2.25. The van der Waals surface area contributed by atoms with Gasteiger partial charge in [-0.3, -0.25) is 10.7 Å². The minimum atomic E-state index is -0.821. The molecule has 0 bridgehead atoms. The molecule has 2 heterocycles. The minimum Gasteiger partial charge on any atom is -0.484 e. The van der Waals surface area contributed by atoms with Gasteiger partial charge in [-0.15, -0.1) is 0 Å². The maximum absolute atomic E-state index is 5.89. The predicted molar refractivity (Wildman–Crippen MR) is 58.3 cm³/mol. The first-order valence-corrected chi connectivity index (χ1v) is 5.00. The molecule has 1 unspecified atom stereocenters. The Morgan fingerprint density at radius 2 is 2.12 bits per heavy atom. The van der Waals surface area contributed by atoms with E-state index in [0.29, 0.717) is 23.6 Å². The zero-order valence-corrected chi connectivity index (χ0v) is 8.80. The third kappa shape index (κ3) is 1.37. The van der Waals surface area contributed by atoms with Gasteiger partial charge in [0, 0.05) is 12.4 Å². The van der Waals surface area contributed by atoms with Crippen molar-refractivity contribution in [1.82, 2.24) is 9.97 Å². The first kappa shape index (κ1) is 9.35. The van der Waals surface area contributed by atoms with Crippen LogP contribution in [0.5, 0.6) is 11.5 Å². The molecule has 0 amide bonds. The molecule has 0 radical (unpaired) electrons. The van der Waals surface area contributed by atoms with Crippen LogP contribution in [0.25, 0.3) is 11.0 Å². The van der Waals surface area contributed by atoms with E-state index >= 15 is 0 Å². The van der Waals surface area contributed by atoms with E-state index in [9.17, 15) is 0 Å². The number of nitrogens with zero attached hydrogens (tertiary/aromatic N) is 2. The summed E-state index contributed by atoms with van der Waals surface area (Å²) in [6.45, 7) is 2.09. The molecular formula is C11H11N3O2. The highest BCUT2D eigenvalue weighted by Crippen LogP contribution is 2.38. The first-order valence-electron chi connectivity index (χ1n) is 5.00. The molecule has 1 aromatic heterocycles. The molecule has 0 spiro atoms. The van der Waals surface area contributed by atoms with Gasteiger partial charge >= 0.3 is 0 Å². The average molecular weight is 217 g/mol. The molecule has 2 N–H and O–H groups in total. The fourth-order valence-corrected chi connectivity index (χ4v) is 1.69.